The summed E-state index contributed by atoms with van der Waals surface area (Å²) in [7, 11) is -2.47. The van der Waals surface area contributed by atoms with Crippen LogP contribution in [0.25, 0.3) is 0 Å². The first-order chi connectivity index (χ1) is 16.8. The summed E-state index contributed by atoms with van der Waals surface area (Å²) in [5.41, 5.74) is 1.14. The van der Waals surface area contributed by atoms with Crippen molar-refractivity contribution in [1.82, 2.24) is 4.98 Å². The minimum Gasteiger partial charge on any atom is -0.475 e. The van der Waals surface area contributed by atoms with Crippen molar-refractivity contribution < 1.29 is 9.16 Å². The quantitative estimate of drug-likeness (QED) is 0.143. The second-order valence-electron chi connectivity index (χ2n) is 10.0. The van der Waals surface area contributed by atoms with Crippen molar-refractivity contribution in [2.24, 2.45) is 0 Å². The van der Waals surface area contributed by atoms with Crippen LogP contribution in [0.2, 0.25) is 10.2 Å². The summed E-state index contributed by atoms with van der Waals surface area (Å²) in [4.78, 5) is 4.34. The van der Waals surface area contributed by atoms with E-state index in [1.807, 2.05) is 12.1 Å². The van der Waals surface area contributed by atoms with Crippen LogP contribution in [-0.2, 0) is 10.2 Å². The molecule has 0 fully saturated rings. The summed E-state index contributed by atoms with van der Waals surface area (Å²) in [5, 5.41) is 3.13. The fourth-order valence-corrected chi connectivity index (χ4v) is 9.95. The number of aromatic nitrogens is 1. The molecule has 0 amide bonds. The largest absolute Gasteiger partial charge is 0.475 e. The number of unbranched alkanes of at least 4 members (excludes halogenated alkanes) is 1. The third-order valence-electron chi connectivity index (χ3n) is 6.20. The first-order valence-corrected chi connectivity index (χ1v) is 16.0. The number of rotatable bonds is 12. The first kappa shape index (κ1) is 27.8. The molecule has 0 aliphatic carbocycles. The normalized spacial score (nSPS) is 13.0. The Morgan fingerprint density at radius 3 is 2.09 bits per heavy atom. The molecular weight excluding hydrogens is 490 g/mol. The highest BCUT2D eigenvalue weighted by Gasteiger charge is 2.49. The average molecular weight is 528 g/mol. The van der Waals surface area contributed by atoms with Crippen molar-refractivity contribution in [3.63, 3.8) is 0 Å². The summed E-state index contributed by atoms with van der Waals surface area (Å²) in [5.74, 6) is 1.50. The molecule has 0 radical (unpaired) electrons. The third kappa shape index (κ3) is 7.36. The lowest BCUT2D eigenvalue weighted by atomic mass is 10.2. The standard InChI is InChI=1S/C29H38ClNO2SSi/c1-23(33-28-21-24(22-34-5)20-27(30)31-28)14-12-13-19-32-35(29(2,3)4,25-15-8-6-9-16-25)26-17-10-7-11-18-26/h6-11,15-18,20-21,23H,12-14,19,22H2,1-5H3/t23-/m0/s1. The molecule has 0 saturated carbocycles. The Morgan fingerprint density at radius 2 is 1.54 bits per heavy atom. The SMILES string of the molecule is CSCc1cc(Cl)nc(O[C@@H](C)CCCCO[Si](c2ccccc2)(c2ccccc2)C(C)(C)C)c1. The van der Waals surface area contributed by atoms with Crippen molar-refractivity contribution in [3.05, 3.63) is 83.5 Å². The number of benzene rings is 2. The van der Waals surface area contributed by atoms with E-state index in [1.165, 1.54) is 10.4 Å². The highest BCUT2D eigenvalue weighted by molar-refractivity contribution is 7.97. The van der Waals surface area contributed by atoms with Gasteiger partial charge in [-0.25, -0.2) is 4.98 Å². The number of ether oxygens (including phenoxy) is 1. The van der Waals surface area contributed by atoms with Crippen molar-refractivity contribution in [1.29, 1.82) is 0 Å². The van der Waals surface area contributed by atoms with E-state index in [9.17, 15) is 0 Å². The van der Waals surface area contributed by atoms with Crippen LogP contribution >= 0.6 is 23.4 Å². The maximum absolute atomic E-state index is 6.99. The summed E-state index contributed by atoms with van der Waals surface area (Å²) in [6, 6.07) is 25.5. The molecular formula is C29H38ClNO2SSi. The fourth-order valence-electron chi connectivity index (χ4n) is 4.62. The van der Waals surface area contributed by atoms with Gasteiger partial charge >= 0.3 is 0 Å². The third-order valence-corrected chi connectivity index (χ3v) is 12.1. The fraction of sp³-hybridized carbons (Fsp3) is 0.414. The van der Waals surface area contributed by atoms with Gasteiger partial charge in [0.25, 0.3) is 8.32 Å². The molecule has 0 unspecified atom stereocenters. The summed E-state index contributed by atoms with van der Waals surface area (Å²) >= 11 is 7.94. The van der Waals surface area contributed by atoms with Gasteiger partial charge in [-0.15, -0.1) is 0 Å². The smallest absolute Gasteiger partial charge is 0.261 e. The van der Waals surface area contributed by atoms with Crippen LogP contribution in [0.1, 0.15) is 52.5 Å². The van der Waals surface area contributed by atoms with Crippen LogP contribution in [0.3, 0.4) is 0 Å². The first-order valence-electron chi connectivity index (χ1n) is 12.3. The second-order valence-corrected chi connectivity index (χ2v) is 15.6. The molecule has 1 aromatic heterocycles. The van der Waals surface area contributed by atoms with Crippen LogP contribution in [0.4, 0.5) is 0 Å². The number of hydrogen-bond donors (Lipinski definition) is 0. The Balaban J connectivity index is 1.63. The zero-order chi connectivity index (χ0) is 25.3. The molecule has 188 valence electrons. The highest BCUT2D eigenvalue weighted by atomic mass is 35.5. The van der Waals surface area contributed by atoms with Crippen molar-refractivity contribution in [3.8, 4) is 5.88 Å². The minimum absolute atomic E-state index is 0.00115. The predicted octanol–water partition coefficient (Wildman–Crippen LogP) is 7.11. The molecule has 1 atom stereocenters. The molecule has 3 nitrogen and oxygen atoms in total. The monoisotopic (exact) mass is 527 g/mol. The van der Waals surface area contributed by atoms with Gasteiger partial charge in [0, 0.05) is 18.4 Å². The molecule has 0 aliphatic heterocycles. The molecule has 0 bridgehead atoms. The van der Waals surface area contributed by atoms with E-state index in [0.29, 0.717) is 11.0 Å². The Morgan fingerprint density at radius 1 is 0.943 bits per heavy atom. The Labute approximate surface area is 221 Å². The highest BCUT2D eigenvalue weighted by Crippen LogP contribution is 2.36. The Bertz CT molecular complexity index is 1000. The van der Waals surface area contributed by atoms with Crippen LogP contribution in [-0.4, -0.2) is 32.3 Å². The lowest BCUT2D eigenvalue weighted by Gasteiger charge is -2.43. The summed E-state index contributed by atoms with van der Waals surface area (Å²) in [6.45, 7) is 9.78. The lowest BCUT2D eigenvalue weighted by molar-refractivity contribution is 0.193. The average Bonchev–Trinajstić information content (AvgIpc) is 2.81. The Hall–Kier alpha value is -1.79. The molecule has 3 aromatic rings. The zero-order valence-corrected chi connectivity index (χ0v) is 24.2. The van der Waals surface area contributed by atoms with Crippen LogP contribution in [0.15, 0.2) is 72.8 Å². The van der Waals surface area contributed by atoms with Gasteiger partial charge in [0.15, 0.2) is 0 Å². The van der Waals surface area contributed by atoms with E-state index in [4.69, 9.17) is 20.8 Å². The van der Waals surface area contributed by atoms with Gasteiger partial charge in [-0.1, -0.05) is 93.0 Å². The van der Waals surface area contributed by atoms with E-state index in [-0.39, 0.29) is 11.1 Å². The van der Waals surface area contributed by atoms with Gasteiger partial charge in [0.1, 0.15) is 5.15 Å². The molecule has 0 spiro atoms. The van der Waals surface area contributed by atoms with E-state index in [1.54, 1.807) is 11.8 Å². The molecule has 0 saturated heterocycles. The Kier molecular flexibility index (Phi) is 10.3. The van der Waals surface area contributed by atoms with Crippen molar-refractivity contribution >= 4 is 42.1 Å². The zero-order valence-electron chi connectivity index (χ0n) is 21.6. The number of halogens is 1. The second kappa shape index (κ2) is 13.0. The molecule has 1 heterocycles. The van der Waals surface area contributed by atoms with E-state index < -0.39 is 8.32 Å². The number of pyridine rings is 1. The maximum Gasteiger partial charge on any atom is 0.261 e. The van der Waals surface area contributed by atoms with Gasteiger partial charge < -0.3 is 9.16 Å². The number of hydrogen-bond acceptors (Lipinski definition) is 4. The van der Waals surface area contributed by atoms with Crippen molar-refractivity contribution in [2.75, 3.05) is 12.9 Å². The van der Waals surface area contributed by atoms with Crippen LogP contribution < -0.4 is 15.1 Å². The van der Waals surface area contributed by atoms with Crippen LogP contribution in [0, 0.1) is 0 Å². The lowest BCUT2D eigenvalue weighted by Crippen LogP contribution is -2.66. The van der Waals surface area contributed by atoms with E-state index >= 15 is 0 Å². The van der Waals surface area contributed by atoms with E-state index in [2.05, 4.69) is 99.6 Å². The predicted molar refractivity (Wildman–Crippen MR) is 154 cm³/mol. The number of thioether (sulfide) groups is 1. The van der Waals surface area contributed by atoms with Gasteiger partial charge in [0.2, 0.25) is 5.88 Å². The molecule has 2 aromatic carbocycles. The molecule has 0 aliphatic rings. The molecule has 6 heteroatoms. The van der Waals surface area contributed by atoms with Gasteiger partial charge in [-0.2, -0.15) is 11.8 Å². The van der Waals surface area contributed by atoms with Gasteiger partial charge in [-0.3, -0.25) is 0 Å². The molecule has 0 N–H and O–H groups in total. The van der Waals surface area contributed by atoms with Crippen LogP contribution in [0.5, 0.6) is 5.88 Å². The summed E-state index contributed by atoms with van der Waals surface area (Å²) < 4.78 is 13.1. The van der Waals surface area contributed by atoms with Gasteiger partial charge in [-0.05, 0) is 59.5 Å². The van der Waals surface area contributed by atoms with E-state index in [0.717, 1.165) is 37.2 Å². The minimum atomic E-state index is -2.47. The van der Waals surface area contributed by atoms with Crippen molar-refractivity contribution in [2.45, 2.75) is 63.9 Å². The van der Waals surface area contributed by atoms with Gasteiger partial charge in [0.05, 0.1) is 6.10 Å². The topological polar surface area (TPSA) is 31.4 Å². The maximum atomic E-state index is 6.99. The number of nitrogens with zero attached hydrogens (tertiary/aromatic N) is 1. The molecule has 3 rings (SSSR count). The molecule has 35 heavy (non-hydrogen) atoms. The summed E-state index contributed by atoms with van der Waals surface area (Å²) in [6.07, 6.45) is 5.09.